The van der Waals surface area contributed by atoms with Gasteiger partial charge >= 0.3 is 0 Å². The van der Waals surface area contributed by atoms with Gasteiger partial charge in [0, 0.05) is 6.16 Å². The second kappa shape index (κ2) is 5.89. The lowest BCUT2D eigenvalue weighted by atomic mass is 10.5. The Morgan fingerprint density at radius 1 is 1.21 bits per heavy atom. The van der Waals surface area contributed by atoms with E-state index in [1.54, 1.807) is 0 Å². The van der Waals surface area contributed by atoms with E-state index in [0.29, 0.717) is 24.9 Å². The van der Waals surface area contributed by atoms with Gasteiger partial charge < -0.3 is 4.57 Å². The molecule has 0 amide bonds. The highest BCUT2D eigenvalue weighted by atomic mass is 32.2. The first kappa shape index (κ1) is 14.1. The Morgan fingerprint density at radius 3 is 2.07 bits per heavy atom. The Hall–Kier alpha value is 0.140. The summed E-state index contributed by atoms with van der Waals surface area (Å²) in [7, 11) is -5.38. The van der Waals surface area contributed by atoms with Crippen LogP contribution in [0.15, 0.2) is 0 Å². The molecule has 0 aliphatic rings. The van der Waals surface area contributed by atoms with E-state index in [1.807, 2.05) is 13.8 Å². The highest BCUT2D eigenvalue weighted by Crippen LogP contribution is 2.44. The molecule has 0 unspecified atom stereocenters. The molecule has 6 heteroatoms. The summed E-state index contributed by atoms with van der Waals surface area (Å²) in [5.74, 6) is 0. The molecule has 0 bridgehead atoms. The van der Waals surface area contributed by atoms with E-state index in [2.05, 4.69) is 4.18 Å². The second-order valence-corrected chi connectivity index (χ2v) is 8.77. The summed E-state index contributed by atoms with van der Waals surface area (Å²) in [6, 6.07) is 0. The average Bonchev–Trinajstić information content (AvgIpc) is 2.11. The van der Waals surface area contributed by atoms with Crippen LogP contribution in [-0.4, -0.2) is 39.8 Å². The maximum Gasteiger partial charge on any atom is 0.264 e. The first-order valence-electron chi connectivity index (χ1n) is 4.74. The summed E-state index contributed by atoms with van der Waals surface area (Å²) in [6.45, 7) is 3.95. The van der Waals surface area contributed by atoms with Crippen LogP contribution >= 0.6 is 7.14 Å². The standard InChI is InChI=1S/C8H19O4PS/c1-4-13(9,5-2)8-6-7-12-14(3,10)11/h4-8H2,1-3H3. The number of hydrogen-bond donors (Lipinski definition) is 0. The summed E-state index contributed by atoms with van der Waals surface area (Å²) in [5, 5.41) is 0. The SMILES string of the molecule is CCP(=O)(CC)CCCOS(C)(=O)=O. The van der Waals surface area contributed by atoms with Crippen LogP contribution in [0.3, 0.4) is 0 Å². The molecule has 0 heterocycles. The largest absolute Gasteiger partial charge is 0.324 e. The minimum atomic E-state index is -3.35. The van der Waals surface area contributed by atoms with Crippen molar-refractivity contribution in [2.24, 2.45) is 0 Å². The van der Waals surface area contributed by atoms with Gasteiger partial charge in [0.15, 0.2) is 0 Å². The van der Waals surface area contributed by atoms with E-state index >= 15 is 0 Å². The summed E-state index contributed by atoms with van der Waals surface area (Å²) in [5.41, 5.74) is 0. The lowest BCUT2D eigenvalue weighted by Crippen LogP contribution is -2.06. The van der Waals surface area contributed by atoms with Crippen molar-refractivity contribution in [3.05, 3.63) is 0 Å². The van der Waals surface area contributed by atoms with E-state index in [4.69, 9.17) is 0 Å². The van der Waals surface area contributed by atoms with Crippen molar-refractivity contribution >= 4 is 17.3 Å². The van der Waals surface area contributed by atoms with Gasteiger partial charge in [0.25, 0.3) is 10.1 Å². The molecule has 0 aromatic heterocycles. The van der Waals surface area contributed by atoms with E-state index in [9.17, 15) is 13.0 Å². The molecule has 0 radical (unpaired) electrons. The normalized spacial score (nSPS) is 13.1. The molecule has 0 saturated carbocycles. The van der Waals surface area contributed by atoms with Crippen LogP contribution in [0.25, 0.3) is 0 Å². The summed E-state index contributed by atoms with van der Waals surface area (Å²) < 4.78 is 37.6. The fourth-order valence-corrected chi connectivity index (χ4v) is 3.31. The third-order valence-electron chi connectivity index (χ3n) is 2.16. The molecule has 0 saturated heterocycles. The average molecular weight is 242 g/mol. The van der Waals surface area contributed by atoms with Gasteiger partial charge in [0.2, 0.25) is 0 Å². The van der Waals surface area contributed by atoms with E-state index in [0.717, 1.165) is 6.26 Å². The van der Waals surface area contributed by atoms with Crippen molar-refractivity contribution in [3.63, 3.8) is 0 Å². The molecule has 86 valence electrons. The monoisotopic (exact) mass is 242 g/mol. The molecule has 0 fully saturated rings. The smallest absolute Gasteiger partial charge is 0.264 e. The predicted octanol–water partition coefficient (Wildman–Crippen LogP) is 1.76. The zero-order valence-corrected chi connectivity index (χ0v) is 10.7. The van der Waals surface area contributed by atoms with Crippen LogP contribution in [-0.2, 0) is 18.9 Å². The lowest BCUT2D eigenvalue weighted by molar-refractivity contribution is 0.322. The topological polar surface area (TPSA) is 60.4 Å². The highest BCUT2D eigenvalue weighted by molar-refractivity contribution is 7.85. The van der Waals surface area contributed by atoms with Gasteiger partial charge in [-0.1, -0.05) is 13.8 Å². The number of rotatable bonds is 7. The van der Waals surface area contributed by atoms with E-state index in [1.165, 1.54) is 0 Å². The van der Waals surface area contributed by atoms with Gasteiger partial charge in [-0.3, -0.25) is 4.18 Å². The molecule has 0 spiro atoms. The molecule has 4 nitrogen and oxygen atoms in total. The van der Waals surface area contributed by atoms with Crippen LogP contribution in [0.2, 0.25) is 0 Å². The van der Waals surface area contributed by atoms with Crippen LogP contribution in [0.1, 0.15) is 20.3 Å². The van der Waals surface area contributed by atoms with Crippen LogP contribution < -0.4 is 0 Å². The Labute approximate surface area is 86.5 Å². The first-order valence-corrected chi connectivity index (χ1v) is 8.82. The minimum Gasteiger partial charge on any atom is -0.324 e. The maximum absolute atomic E-state index is 11.9. The van der Waals surface area contributed by atoms with Gasteiger partial charge in [-0.25, -0.2) is 0 Å². The van der Waals surface area contributed by atoms with Gasteiger partial charge in [-0.2, -0.15) is 8.42 Å². The number of hydrogen-bond acceptors (Lipinski definition) is 4. The highest BCUT2D eigenvalue weighted by Gasteiger charge is 2.16. The van der Waals surface area contributed by atoms with E-state index in [-0.39, 0.29) is 6.61 Å². The van der Waals surface area contributed by atoms with Crippen LogP contribution in [0.4, 0.5) is 0 Å². The molecule has 0 rings (SSSR count). The van der Waals surface area contributed by atoms with E-state index < -0.39 is 17.3 Å². The Balaban J connectivity index is 3.80. The molecular weight excluding hydrogens is 223 g/mol. The van der Waals surface area contributed by atoms with Gasteiger partial charge in [0.05, 0.1) is 20.0 Å². The lowest BCUT2D eigenvalue weighted by Gasteiger charge is -2.13. The molecular formula is C8H19O4PS. The first-order chi connectivity index (χ1) is 6.33. The van der Waals surface area contributed by atoms with Gasteiger partial charge in [-0.05, 0) is 18.7 Å². The molecule has 14 heavy (non-hydrogen) atoms. The van der Waals surface area contributed by atoms with Crippen molar-refractivity contribution in [2.45, 2.75) is 20.3 Å². The van der Waals surface area contributed by atoms with Gasteiger partial charge in [0.1, 0.15) is 0 Å². The van der Waals surface area contributed by atoms with Crippen molar-refractivity contribution in [2.75, 3.05) is 31.3 Å². The van der Waals surface area contributed by atoms with Crippen LogP contribution in [0.5, 0.6) is 0 Å². The van der Waals surface area contributed by atoms with Crippen molar-refractivity contribution in [1.82, 2.24) is 0 Å². The maximum atomic E-state index is 11.9. The zero-order valence-electron chi connectivity index (χ0n) is 9.02. The molecule has 0 aliphatic carbocycles. The van der Waals surface area contributed by atoms with Crippen molar-refractivity contribution in [3.8, 4) is 0 Å². The zero-order chi connectivity index (χ0) is 11.2. The third-order valence-corrected chi connectivity index (χ3v) is 6.19. The quantitative estimate of drug-likeness (QED) is 0.387. The van der Waals surface area contributed by atoms with Gasteiger partial charge in [-0.15, -0.1) is 0 Å². The third kappa shape index (κ3) is 6.57. The fraction of sp³-hybridized carbons (Fsp3) is 1.00. The predicted molar refractivity (Wildman–Crippen MR) is 59.0 cm³/mol. The summed E-state index contributed by atoms with van der Waals surface area (Å²) in [4.78, 5) is 0. The Morgan fingerprint density at radius 2 is 1.71 bits per heavy atom. The van der Waals surface area contributed by atoms with Crippen molar-refractivity contribution < 1.29 is 17.2 Å². The summed E-state index contributed by atoms with van der Waals surface area (Å²) in [6.07, 6.45) is 3.51. The molecule has 0 aliphatic heterocycles. The van der Waals surface area contributed by atoms with Crippen LogP contribution in [0, 0.1) is 0 Å². The van der Waals surface area contributed by atoms with Crippen molar-refractivity contribution in [1.29, 1.82) is 0 Å². The minimum absolute atomic E-state index is 0.142. The summed E-state index contributed by atoms with van der Waals surface area (Å²) >= 11 is 0. The Kier molecular flexibility index (Phi) is 5.94. The molecule has 0 N–H and O–H groups in total. The molecule has 0 aromatic rings. The molecule has 0 atom stereocenters. The Bertz CT molecular complexity index is 288. The second-order valence-electron chi connectivity index (χ2n) is 3.29. The molecule has 0 aromatic carbocycles. The fourth-order valence-electron chi connectivity index (χ4n) is 1.10.